The van der Waals surface area contributed by atoms with Gasteiger partial charge in [0, 0.05) is 30.7 Å². The summed E-state index contributed by atoms with van der Waals surface area (Å²) in [5.74, 6) is 0.442. The first-order valence-corrected chi connectivity index (χ1v) is 10.2. The lowest BCUT2D eigenvalue weighted by Crippen LogP contribution is -2.25. The van der Waals surface area contributed by atoms with Gasteiger partial charge in [-0.2, -0.15) is 0 Å². The molecule has 2 atom stereocenters. The van der Waals surface area contributed by atoms with Crippen LogP contribution in [0.2, 0.25) is 0 Å². The third-order valence-electron chi connectivity index (χ3n) is 5.74. The number of thiocarbonyl (C=S) groups is 1. The van der Waals surface area contributed by atoms with Crippen molar-refractivity contribution in [3.63, 3.8) is 0 Å². The zero-order valence-electron chi connectivity index (χ0n) is 17.7. The van der Waals surface area contributed by atoms with Crippen molar-refractivity contribution in [3.05, 3.63) is 81.4 Å². The highest BCUT2D eigenvalue weighted by Gasteiger charge is 2.39. The van der Waals surface area contributed by atoms with Crippen LogP contribution in [0.3, 0.4) is 0 Å². The van der Waals surface area contributed by atoms with Crippen LogP contribution in [0.1, 0.15) is 34.7 Å². The summed E-state index contributed by atoms with van der Waals surface area (Å²) < 4.78 is 7.54. The van der Waals surface area contributed by atoms with E-state index in [-0.39, 0.29) is 17.8 Å². The third-order valence-corrected chi connectivity index (χ3v) is 6.15. The summed E-state index contributed by atoms with van der Waals surface area (Å²) in [5, 5.41) is 15.2. The average molecular weight is 438 g/mol. The topological polar surface area (TPSA) is 85.5 Å². The van der Waals surface area contributed by atoms with Gasteiger partial charge >= 0.3 is 0 Å². The molecule has 160 valence electrons. The summed E-state index contributed by atoms with van der Waals surface area (Å²) >= 11 is 5.55. The molecular weight excluding hydrogens is 414 g/mol. The standard InChI is InChI=1S/C22H23N5O3S/c1-13-11-16(21-20(24-22(31)25(21)3)17-7-5-6-10-23-17)14(2)26(13)18-9-8-15(27(28)29)12-19(18)30-4/h5-12,20-21H,1-4H3,(H,24,31)/t20-,21-/m1/s1. The Bertz CT molecular complexity index is 1160. The van der Waals surface area contributed by atoms with Crippen molar-refractivity contribution >= 4 is 23.0 Å². The zero-order chi connectivity index (χ0) is 22.3. The summed E-state index contributed by atoms with van der Waals surface area (Å²) in [7, 11) is 3.49. The first-order chi connectivity index (χ1) is 14.8. The number of ether oxygens (including phenoxy) is 1. The normalized spacial score (nSPS) is 18.2. The van der Waals surface area contributed by atoms with Crippen LogP contribution < -0.4 is 10.1 Å². The molecule has 0 saturated carbocycles. The Morgan fingerprint density at radius 2 is 2.00 bits per heavy atom. The lowest BCUT2D eigenvalue weighted by Gasteiger charge is -2.24. The molecule has 0 aliphatic carbocycles. The van der Waals surface area contributed by atoms with E-state index in [4.69, 9.17) is 17.0 Å². The van der Waals surface area contributed by atoms with E-state index in [1.807, 2.05) is 44.0 Å². The van der Waals surface area contributed by atoms with E-state index < -0.39 is 4.92 Å². The smallest absolute Gasteiger partial charge is 0.273 e. The van der Waals surface area contributed by atoms with Gasteiger partial charge < -0.3 is 19.5 Å². The fourth-order valence-corrected chi connectivity index (χ4v) is 4.51. The molecule has 0 amide bonds. The van der Waals surface area contributed by atoms with Crippen LogP contribution in [0.25, 0.3) is 5.69 Å². The monoisotopic (exact) mass is 437 g/mol. The number of aromatic nitrogens is 2. The summed E-state index contributed by atoms with van der Waals surface area (Å²) in [5.41, 5.74) is 4.75. The number of nitrogens with one attached hydrogen (secondary N) is 1. The molecule has 0 bridgehead atoms. The number of nitrogens with zero attached hydrogens (tertiary/aromatic N) is 4. The molecule has 3 aromatic rings. The second kappa shape index (κ2) is 7.99. The van der Waals surface area contributed by atoms with Crippen LogP contribution in [0.5, 0.6) is 5.75 Å². The first-order valence-electron chi connectivity index (χ1n) is 9.79. The van der Waals surface area contributed by atoms with Gasteiger partial charge in [0.1, 0.15) is 5.75 Å². The Balaban J connectivity index is 1.83. The molecule has 1 aliphatic rings. The second-order valence-corrected chi connectivity index (χ2v) is 7.90. The number of pyridine rings is 1. The van der Waals surface area contributed by atoms with Gasteiger partial charge in [-0.1, -0.05) is 6.07 Å². The summed E-state index contributed by atoms with van der Waals surface area (Å²) in [6.07, 6.45) is 1.78. The molecule has 0 unspecified atom stereocenters. The molecule has 3 heterocycles. The van der Waals surface area contributed by atoms with Crippen LogP contribution in [-0.2, 0) is 0 Å². The Labute approximate surface area is 185 Å². The number of likely N-dealkylation sites (N-methyl/N-ethyl adjacent to an activating group) is 1. The average Bonchev–Trinajstić information content (AvgIpc) is 3.22. The van der Waals surface area contributed by atoms with Crippen LogP contribution in [0.4, 0.5) is 5.69 Å². The number of hydrogen-bond acceptors (Lipinski definition) is 5. The van der Waals surface area contributed by atoms with Gasteiger partial charge in [-0.3, -0.25) is 15.1 Å². The number of benzene rings is 1. The van der Waals surface area contributed by atoms with Gasteiger partial charge in [0.2, 0.25) is 0 Å². The minimum atomic E-state index is -0.426. The molecule has 4 rings (SSSR count). The minimum Gasteiger partial charge on any atom is -0.494 e. The molecule has 1 fully saturated rings. The Kier molecular flexibility index (Phi) is 5.36. The molecule has 0 spiro atoms. The maximum atomic E-state index is 11.2. The number of nitro benzene ring substituents is 1. The second-order valence-electron chi connectivity index (χ2n) is 7.51. The van der Waals surface area contributed by atoms with Gasteiger partial charge in [-0.05, 0) is 55.9 Å². The van der Waals surface area contributed by atoms with Gasteiger partial charge in [0.05, 0.1) is 41.6 Å². The van der Waals surface area contributed by atoms with Crippen molar-refractivity contribution < 1.29 is 9.66 Å². The SMILES string of the molecule is COc1cc([N+](=O)[O-])ccc1-n1c(C)cc([C@@H]2[C@@H](c3ccccn3)NC(=S)N2C)c1C. The molecular formula is C22H23N5O3S. The van der Waals surface area contributed by atoms with Crippen molar-refractivity contribution in [2.24, 2.45) is 0 Å². The fraction of sp³-hybridized carbons (Fsp3) is 0.273. The number of methoxy groups -OCH3 is 1. The minimum absolute atomic E-state index is 0.0106. The van der Waals surface area contributed by atoms with E-state index >= 15 is 0 Å². The van der Waals surface area contributed by atoms with E-state index in [2.05, 4.69) is 20.9 Å². The van der Waals surface area contributed by atoms with Crippen molar-refractivity contribution in [2.45, 2.75) is 25.9 Å². The van der Waals surface area contributed by atoms with Gasteiger partial charge in [-0.15, -0.1) is 0 Å². The summed E-state index contributed by atoms with van der Waals surface area (Å²) in [4.78, 5) is 17.3. The number of non-ortho nitro benzene ring substituents is 1. The Hall–Kier alpha value is -3.46. The van der Waals surface area contributed by atoms with E-state index in [0.29, 0.717) is 10.9 Å². The highest BCUT2D eigenvalue weighted by atomic mass is 32.1. The van der Waals surface area contributed by atoms with Crippen molar-refractivity contribution in [1.29, 1.82) is 0 Å². The molecule has 8 nitrogen and oxygen atoms in total. The quantitative estimate of drug-likeness (QED) is 0.367. The predicted octanol–water partition coefficient (Wildman–Crippen LogP) is 4.01. The molecule has 1 saturated heterocycles. The molecule has 2 aromatic heterocycles. The lowest BCUT2D eigenvalue weighted by molar-refractivity contribution is -0.384. The Morgan fingerprint density at radius 3 is 2.65 bits per heavy atom. The number of nitro groups is 1. The summed E-state index contributed by atoms with van der Waals surface area (Å²) in [6.45, 7) is 4.04. The maximum absolute atomic E-state index is 11.2. The number of hydrogen-bond donors (Lipinski definition) is 1. The molecule has 0 radical (unpaired) electrons. The molecule has 1 N–H and O–H groups in total. The van der Waals surface area contributed by atoms with Gasteiger partial charge in [-0.25, -0.2) is 0 Å². The number of rotatable bonds is 5. The first kappa shape index (κ1) is 20.8. The maximum Gasteiger partial charge on any atom is 0.273 e. The molecule has 1 aromatic carbocycles. The lowest BCUT2D eigenvalue weighted by atomic mass is 9.97. The third kappa shape index (κ3) is 3.50. The van der Waals surface area contributed by atoms with E-state index in [1.54, 1.807) is 12.3 Å². The van der Waals surface area contributed by atoms with E-state index in [1.165, 1.54) is 19.2 Å². The fourth-order valence-electron chi connectivity index (χ4n) is 4.27. The molecule has 9 heteroatoms. The summed E-state index contributed by atoms with van der Waals surface area (Å²) in [6, 6.07) is 12.5. The van der Waals surface area contributed by atoms with Gasteiger partial charge in [0.15, 0.2) is 5.11 Å². The van der Waals surface area contributed by atoms with Crippen LogP contribution >= 0.6 is 12.2 Å². The van der Waals surface area contributed by atoms with Crippen LogP contribution in [0.15, 0.2) is 48.7 Å². The van der Waals surface area contributed by atoms with E-state index in [9.17, 15) is 10.1 Å². The highest BCUT2D eigenvalue weighted by Crippen LogP contribution is 2.41. The zero-order valence-corrected chi connectivity index (χ0v) is 18.5. The molecule has 31 heavy (non-hydrogen) atoms. The van der Waals surface area contributed by atoms with Crippen molar-refractivity contribution in [3.8, 4) is 11.4 Å². The Morgan fingerprint density at radius 1 is 1.23 bits per heavy atom. The van der Waals surface area contributed by atoms with Gasteiger partial charge in [0.25, 0.3) is 5.69 Å². The van der Waals surface area contributed by atoms with Crippen molar-refractivity contribution in [2.75, 3.05) is 14.2 Å². The van der Waals surface area contributed by atoms with E-state index in [0.717, 1.165) is 28.3 Å². The van der Waals surface area contributed by atoms with Crippen LogP contribution in [-0.4, -0.2) is 38.6 Å². The number of aryl methyl sites for hydroxylation is 1. The predicted molar refractivity (Wildman–Crippen MR) is 122 cm³/mol. The van der Waals surface area contributed by atoms with Crippen LogP contribution in [0, 0.1) is 24.0 Å². The highest BCUT2D eigenvalue weighted by molar-refractivity contribution is 7.80. The largest absolute Gasteiger partial charge is 0.494 e. The van der Waals surface area contributed by atoms with Crippen molar-refractivity contribution in [1.82, 2.24) is 19.8 Å². The molecule has 1 aliphatic heterocycles.